The molecular weight excluding hydrogens is 408 g/mol. The largest absolute Gasteiger partial charge is 0.496 e. The van der Waals surface area contributed by atoms with Gasteiger partial charge in [0.05, 0.1) is 25.0 Å². The molecule has 0 aliphatic carbocycles. The molecule has 4 rings (SSSR count). The highest BCUT2D eigenvalue weighted by molar-refractivity contribution is 6.05. The second-order valence-electron chi connectivity index (χ2n) is 7.36. The molecule has 1 aromatic heterocycles. The minimum atomic E-state index is -0.342. The zero-order valence-electron chi connectivity index (χ0n) is 17.8. The van der Waals surface area contributed by atoms with E-state index in [1.807, 2.05) is 30.3 Å². The van der Waals surface area contributed by atoms with Crippen LogP contribution >= 0.6 is 0 Å². The molecule has 8 nitrogen and oxygen atoms in total. The summed E-state index contributed by atoms with van der Waals surface area (Å²) < 4.78 is 10.8. The molecule has 1 N–H and O–H groups in total. The van der Waals surface area contributed by atoms with Gasteiger partial charge in [0, 0.05) is 31.3 Å². The van der Waals surface area contributed by atoms with Gasteiger partial charge < -0.3 is 14.4 Å². The number of carbonyl (C=O) groups is 2. The van der Waals surface area contributed by atoms with E-state index in [0.29, 0.717) is 37.4 Å². The molecule has 32 heavy (non-hydrogen) atoms. The van der Waals surface area contributed by atoms with Crippen LogP contribution in [0.1, 0.15) is 27.2 Å². The Bertz CT molecular complexity index is 1100. The van der Waals surface area contributed by atoms with Crippen molar-refractivity contribution < 1.29 is 19.1 Å². The molecule has 0 fully saturated rings. The van der Waals surface area contributed by atoms with Gasteiger partial charge in [-0.25, -0.2) is 9.97 Å². The number of benzene rings is 2. The molecule has 1 aliphatic rings. The fourth-order valence-electron chi connectivity index (χ4n) is 3.51. The van der Waals surface area contributed by atoms with Crippen molar-refractivity contribution in [2.75, 3.05) is 25.6 Å². The topological polar surface area (TPSA) is 93.6 Å². The van der Waals surface area contributed by atoms with Crippen LogP contribution in [0, 0.1) is 0 Å². The van der Waals surface area contributed by atoms with E-state index in [1.54, 1.807) is 35.4 Å². The smallest absolute Gasteiger partial charge is 0.261 e. The molecule has 0 saturated heterocycles. The van der Waals surface area contributed by atoms with Gasteiger partial charge in [0.1, 0.15) is 12.4 Å². The summed E-state index contributed by atoms with van der Waals surface area (Å²) in [6.45, 7) is 1.38. The Hall–Kier alpha value is -3.78. The summed E-state index contributed by atoms with van der Waals surface area (Å²) >= 11 is 0. The third-order valence-corrected chi connectivity index (χ3v) is 5.20. The average molecular weight is 432 g/mol. The molecule has 0 unspecified atom stereocenters. The van der Waals surface area contributed by atoms with Crippen molar-refractivity contribution in [3.05, 3.63) is 83.2 Å². The van der Waals surface area contributed by atoms with Gasteiger partial charge in [-0.1, -0.05) is 42.5 Å². The van der Waals surface area contributed by atoms with E-state index < -0.39 is 0 Å². The van der Waals surface area contributed by atoms with Crippen LogP contribution in [-0.2, 0) is 29.1 Å². The number of ether oxygens (including phenoxy) is 2. The molecule has 0 radical (unpaired) electrons. The lowest BCUT2D eigenvalue weighted by Crippen LogP contribution is -2.38. The summed E-state index contributed by atoms with van der Waals surface area (Å²) in [5, 5.41) is 2.72. The molecule has 164 valence electrons. The maximum Gasteiger partial charge on any atom is 0.261 e. The number of nitrogens with zero attached hydrogens (tertiary/aromatic N) is 3. The molecule has 2 aromatic carbocycles. The average Bonchev–Trinajstić information content (AvgIpc) is 2.84. The van der Waals surface area contributed by atoms with E-state index in [9.17, 15) is 9.59 Å². The predicted molar refractivity (Wildman–Crippen MR) is 118 cm³/mol. The monoisotopic (exact) mass is 432 g/mol. The fourth-order valence-corrected chi connectivity index (χ4v) is 3.51. The first-order valence-electron chi connectivity index (χ1n) is 10.3. The Morgan fingerprint density at radius 3 is 2.69 bits per heavy atom. The van der Waals surface area contributed by atoms with Crippen LogP contribution < -0.4 is 10.1 Å². The van der Waals surface area contributed by atoms with Gasteiger partial charge >= 0.3 is 0 Å². The Balaban J connectivity index is 1.34. The maximum absolute atomic E-state index is 12.6. The van der Waals surface area contributed by atoms with Crippen LogP contribution in [0.5, 0.6) is 5.75 Å². The van der Waals surface area contributed by atoms with Gasteiger partial charge in [0.2, 0.25) is 11.9 Å². The summed E-state index contributed by atoms with van der Waals surface area (Å²) in [5.41, 5.74) is 3.12. The maximum atomic E-state index is 12.6. The van der Waals surface area contributed by atoms with E-state index in [-0.39, 0.29) is 24.4 Å². The summed E-state index contributed by atoms with van der Waals surface area (Å²) in [5.74, 6) is 0.294. The van der Waals surface area contributed by atoms with E-state index in [2.05, 4.69) is 15.3 Å². The zero-order chi connectivity index (χ0) is 22.3. The first kappa shape index (κ1) is 21.5. The SMILES string of the molecule is COc1ccccc1C(=O)Nc1ncc2c(n1)CCN(C(=O)COCc1ccccc1)C2. The second-order valence-corrected chi connectivity index (χ2v) is 7.36. The van der Waals surface area contributed by atoms with E-state index in [1.165, 1.54) is 7.11 Å². The minimum Gasteiger partial charge on any atom is -0.496 e. The number of anilines is 1. The molecule has 2 amide bonds. The number of methoxy groups -OCH3 is 1. The highest BCUT2D eigenvalue weighted by Gasteiger charge is 2.23. The molecule has 8 heteroatoms. The van der Waals surface area contributed by atoms with E-state index in [0.717, 1.165) is 16.8 Å². The third-order valence-electron chi connectivity index (χ3n) is 5.20. The first-order valence-corrected chi connectivity index (χ1v) is 10.3. The molecule has 0 atom stereocenters. The number of fused-ring (bicyclic) bond motifs is 1. The van der Waals surface area contributed by atoms with Crippen molar-refractivity contribution in [3.63, 3.8) is 0 Å². The van der Waals surface area contributed by atoms with Crippen LogP contribution in [0.2, 0.25) is 0 Å². The minimum absolute atomic E-state index is 0.0259. The van der Waals surface area contributed by atoms with Gasteiger partial charge in [-0.05, 0) is 17.7 Å². The number of carbonyl (C=O) groups excluding carboxylic acids is 2. The first-order chi connectivity index (χ1) is 15.6. The molecule has 0 bridgehead atoms. The quantitative estimate of drug-likeness (QED) is 0.617. The highest BCUT2D eigenvalue weighted by Crippen LogP contribution is 2.20. The molecule has 1 aliphatic heterocycles. The van der Waals surface area contributed by atoms with E-state index >= 15 is 0 Å². The number of aromatic nitrogens is 2. The van der Waals surface area contributed by atoms with E-state index in [4.69, 9.17) is 9.47 Å². The summed E-state index contributed by atoms with van der Waals surface area (Å²) in [6, 6.07) is 16.7. The summed E-state index contributed by atoms with van der Waals surface area (Å²) in [4.78, 5) is 35.6. The lowest BCUT2D eigenvalue weighted by Gasteiger charge is -2.28. The normalized spacial score (nSPS) is 12.7. The van der Waals surface area contributed by atoms with Gasteiger partial charge in [-0.15, -0.1) is 0 Å². The number of rotatable bonds is 7. The van der Waals surface area contributed by atoms with Crippen molar-refractivity contribution >= 4 is 17.8 Å². The standard InChI is InChI=1S/C24H24N4O4/c1-31-21-10-6-5-9-19(21)23(30)27-24-25-13-18-14-28(12-11-20(18)26-24)22(29)16-32-15-17-7-3-2-4-8-17/h2-10,13H,11-12,14-16H2,1H3,(H,25,26,27,30). The molecule has 0 spiro atoms. The predicted octanol–water partition coefficient (Wildman–Crippen LogP) is 2.84. The van der Waals surface area contributed by atoms with Gasteiger partial charge in [-0.2, -0.15) is 0 Å². The zero-order valence-corrected chi connectivity index (χ0v) is 17.8. The van der Waals surface area contributed by atoms with Gasteiger partial charge in [0.25, 0.3) is 5.91 Å². The lowest BCUT2D eigenvalue weighted by atomic mass is 10.1. The Labute approximate surface area is 186 Å². The Morgan fingerprint density at radius 1 is 1.09 bits per heavy atom. The molecular formula is C24H24N4O4. The van der Waals surface area contributed by atoms with Gasteiger partial charge in [-0.3, -0.25) is 14.9 Å². The third kappa shape index (κ3) is 5.09. The van der Waals surface area contributed by atoms with Crippen molar-refractivity contribution in [3.8, 4) is 5.75 Å². The second kappa shape index (κ2) is 10.0. The molecule has 0 saturated carbocycles. The van der Waals surface area contributed by atoms with Crippen LogP contribution in [0.3, 0.4) is 0 Å². The summed E-state index contributed by atoms with van der Waals surface area (Å²) in [7, 11) is 1.52. The van der Waals surface area contributed by atoms with Gasteiger partial charge in [0.15, 0.2) is 0 Å². The molecule has 3 aromatic rings. The number of nitrogens with one attached hydrogen (secondary N) is 1. The van der Waals surface area contributed by atoms with Crippen LogP contribution in [0.25, 0.3) is 0 Å². The van der Waals surface area contributed by atoms with Crippen LogP contribution in [-0.4, -0.2) is 46.9 Å². The van der Waals surface area contributed by atoms with Crippen molar-refractivity contribution in [1.82, 2.24) is 14.9 Å². The fraction of sp³-hybridized carbons (Fsp3) is 0.250. The highest BCUT2D eigenvalue weighted by atomic mass is 16.5. The van der Waals surface area contributed by atoms with Crippen molar-refractivity contribution in [2.45, 2.75) is 19.6 Å². The Morgan fingerprint density at radius 2 is 1.88 bits per heavy atom. The number of hydrogen-bond donors (Lipinski definition) is 1. The Kier molecular flexibility index (Phi) is 6.72. The number of amides is 2. The van der Waals surface area contributed by atoms with Crippen LogP contribution in [0.4, 0.5) is 5.95 Å². The van der Waals surface area contributed by atoms with Crippen molar-refractivity contribution in [1.29, 1.82) is 0 Å². The number of para-hydroxylation sites is 1. The lowest BCUT2D eigenvalue weighted by molar-refractivity contribution is -0.137. The molecule has 2 heterocycles. The summed E-state index contributed by atoms with van der Waals surface area (Å²) in [6.07, 6.45) is 2.24. The number of hydrogen-bond acceptors (Lipinski definition) is 6. The van der Waals surface area contributed by atoms with Crippen molar-refractivity contribution in [2.24, 2.45) is 0 Å². The van der Waals surface area contributed by atoms with Crippen LogP contribution in [0.15, 0.2) is 60.8 Å².